The number of benzene rings is 2. The number of nitrogens with one attached hydrogen (secondary N) is 2. The second-order valence-corrected chi connectivity index (χ2v) is 9.86. The number of rotatable bonds is 11. The number of hydrogen-bond acceptors (Lipinski definition) is 8. The van der Waals surface area contributed by atoms with Gasteiger partial charge in [-0.15, -0.1) is 0 Å². The molecule has 0 radical (unpaired) electrons. The van der Waals surface area contributed by atoms with Crippen molar-refractivity contribution in [1.82, 2.24) is 20.8 Å². The molecule has 0 aliphatic rings. The predicted molar refractivity (Wildman–Crippen MR) is 130 cm³/mol. The van der Waals surface area contributed by atoms with E-state index in [1.807, 2.05) is 24.3 Å². The van der Waals surface area contributed by atoms with Crippen molar-refractivity contribution in [1.29, 1.82) is 0 Å². The quantitative estimate of drug-likeness (QED) is 0.209. The number of phosphoric ester groups is 1. The van der Waals surface area contributed by atoms with Crippen LogP contribution in [0.2, 0.25) is 0 Å². The van der Waals surface area contributed by atoms with Gasteiger partial charge in [-0.2, -0.15) is 4.98 Å². The molecule has 0 saturated heterocycles. The van der Waals surface area contributed by atoms with E-state index in [0.717, 1.165) is 10.0 Å². The molecule has 3 aromatic rings. The summed E-state index contributed by atoms with van der Waals surface area (Å²) in [5.41, 5.74) is 1.52. The maximum atomic E-state index is 13.0. The molecule has 0 unspecified atom stereocenters. The van der Waals surface area contributed by atoms with E-state index in [1.54, 1.807) is 0 Å². The fraction of sp³-hybridized carbons (Fsp3) is 0.273. The summed E-state index contributed by atoms with van der Waals surface area (Å²) >= 11 is 3.37. The third kappa shape index (κ3) is 8.54. The van der Waals surface area contributed by atoms with E-state index < -0.39 is 38.3 Å². The van der Waals surface area contributed by atoms with Crippen molar-refractivity contribution in [3.8, 4) is 5.75 Å². The molecule has 36 heavy (non-hydrogen) atoms. The van der Waals surface area contributed by atoms with Crippen LogP contribution in [0.15, 0.2) is 57.5 Å². The summed E-state index contributed by atoms with van der Waals surface area (Å²) in [5, 5.41) is 18.9. The number of carbonyl (C=O) groups is 2. The van der Waals surface area contributed by atoms with E-state index in [2.05, 4.69) is 41.2 Å². The lowest BCUT2D eigenvalue weighted by atomic mass is 10.0. The summed E-state index contributed by atoms with van der Waals surface area (Å²) < 4.78 is 21.6. The first-order chi connectivity index (χ1) is 17.0. The van der Waals surface area contributed by atoms with Gasteiger partial charge in [-0.05, 0) is 35.4 Å². The highest BCUT2D eigenvalue weighted by molar-refractivity contribution is 9.10. The Morgan fingerprint density at radius 2 is 1.72 bits per heavy atom. The van der Waals surface area contributed by atoms with Gasteiger partial charge >= 0.3 is 7.82 Å². The highest BCUT2D eigenvalue weighted by Crippen LogP contribution is 2.37. The third-order valence-electron chi connectivity index (χ3n) is 4.84. The van der Waals surface area contributed by atoms with Crippen molar-refractivity contribution in [3.63, 3.8) is 0 Å². The van der Waals surface area contributed by atoms with Crippen LogP contribution in [-0.2, 0) is 27.0 Å². The Morgan fingerprint density at radius 3 is 2.31 bits per heavy atom. The lowest BCUT2D eigenvalue weighted by Crippen LogP contribution is -2.48. The van der Waals surface area contributed by atoms with Gasteiger partial charge in [-0.25, -0.2) is 4.57 Å². The topological polar surface area (TPSA) is 184 Å². The minimum Gasteiger partial charge on any atom is -0.404 e. The molecule has 2 aromatic carbocycles. The van der Waals surface area contributed by atoms with E-state index in [9.17, 15) is 19.3 Å². The van der Waals surface area contributed by atoms with Gasteiger partial charge in [-0.1, -0.05) is 45.4 Å². The first-order valence-corrected chi connectivity index (χ1v) is 12.9. The Balaban J connectivity index is 1.67. The van der Waals surface area contributed by atoms with Crippen LogP contribution in [-0.4, -0.2) is 49.5 Å². The van der Waals surface area contributed by atoms with Gasteiger partial charge < -0.3 is 24.8 Å². The van der Waals surface area contributed by atoms with Gasteiger partial charge in [0.2, 0.25) is 11.8 Å². The summed E-state index contributed by atoms with van der Waals surface area (Å²) in [6.07, 6.45) is 0.442. The molecule has 14 heteroatoms. The van der Waals surface area contributed by atoms with E-state index in [1.165, 1.54) is 31.2 Å². The van der Waals surface area contributed by atoms with E-state index in [0.29, 0.717) is 17.8 Å². The summed E-state index contributed by atoms with van der Waals surface area (Å²) in [7, 11) is -4.70. The number of hydrogen-bond donors (Lipinski definition) is 5. The maximum absolute atomic E-state index is 13.0. The highest BCUT2D eigenvalue weighted by atomic mass is 79.9. The molecule has 0 aliphatic carbocycles. The Labute approximate surface area is 214 Å². The fourth-order valence-corrected chi connectivity index (χ4v) is 3.90. The largest absolute Gasteiger partial charge is 0.524 e. The van der Waals surface area contributed by atoms with Crippen LogP contribution in [0.5, 0.6) is 5.75 Å². The van der Waals surface area contributed by atoms with Crippen molar-refractivity contribution in [3.05, 3.63) is 75.8 Å². The number of aliphatic hydroxyl groups is 1. The van der Waals surface area contributed by atoms with E-state index in [4.69, 9.17) is 14.3 Å². The second-order valence-electron chi connectivity index (χ2n) is 7.78. The third-order valence-corrected chi connectivity index (χ3v) is 5.82. The molecule has 3 rings (SSSR count). The average molecular weight is 583 g/mol. The molecule has 192 valence electrons. The Hall–Kier alpha value is -3.09. The van der Waals surface area contributed by atoms with E-state index >= 15 is 0 Å². The minimum atomic E-state index is -4.70. The number of carbonyl (C=O) groups excluding carboxylic acids is 2. The van der Waals surface area contributed by atoms with Crippen molar-refractivity contribution in [2.24, 2.45) is 0 Å². The standard InChI is InChI=1S/C22H24BrN4O8P/c1-13(29)24-18(10-14-4-8-17(9-5-14)35-36(31,32)33)21(30)25-19(12-28)22-26-20(27-34-22)11-15-2-6-16(23)7-3-15/h2-9,18-19,28H,10-12H2,1H3,(H,24,29)(H,25,30)(H2,31,32,33)/t18-,19-/m0/s1. The normalized spacial score (nSPS) is 13.0. The summed E-state index contributed by atoms with van der Waals surface area (Å²) in [4.78, 5) is 46.7. The summed E-state index contributed by atoms with van der Waals surface area (Å²) in [5.74, 6) is -0.725. The number of aliphatic hydroxyl groups excluding tert-OH is 1. The van der Waals surface area contributed by atoms with Crippen molar-refractivity contribution >= 4 is 35.6 Å². The molecular formula is C22H24BrN4O8P. The van der Waals surface area contributed by atoms with Gasteiger partial charge in [0.05, 0.1) is 6.61 Å². The molecular weight excluding hydrogens is 559 g/mol. The number of halogens is 1. The van der Waals surface area contributed by atoms with Crippen LogP contribution in [0.25, 0.3) is 0 Å². The first kappa shape index (κ1) is 27.5. The van der Waals surface area contributed by atoms with Gasteiger partial charge in [0.15, 0.2) is 5.82 Å². The fourth-order valence-electron chi connectivity index (χ4n) is 3.24. The molecule has 1 aromatic heterocycles. The van der Waals surface area contributed by atoms with Gasteiger partial charge in [-0.3, -0.25) is 19.4 Å². The Kier molecular flexibility index (Phi) is 9.35. The smallest absolute Gasteiger partial charge is 0.404 e. The van der Waals surface area contributed by atoms with Crippen LogP contribution in [0.4, 0.5) is 0 Å². The van der Waals surface area contributed by atoms with Crippen LogP contribution in [0.1, 0.15) is 35.8 Å². The van der Waals surface area contributed by atoms with Crippen LogP contribution < -0.4 is 15.2 Å². The predicted octanol–water partition coefficient (Wildman–Crippen LogP) is 1.79. The van der Waals surface area contributed by atoms with Crippen LogP contribution in [0.3, 0.4) is 0 Å². The summed E-state index contributed by atoms with van der Waals surface area (Å²) in [6, 6.07) is 11.2. The molecule has 1 heterocycles. The zero-order valence-electron chi connectivity index (χ0n) is 19.0. The molecule has 0 fully saturated rings. The van der Waals surface area contributed by atoms with Gasteiger partial charge in [0.1, 0.15) is 17.8 Å². The molecule has 2 atom stereocenters. The molecule has 0 saturated carbocycles. The number of aromatic nitrogens is 2. The monoisotopic (exact) mass is 582 g/mol. The lowest BCUT2D eigenvalue weighted by Gasteiger charge is -2.20. The number of nitrogens with zero attached hydrogens (tertiary/aromatic N) is 2. The van der Waals surface area contributed by atoms with Crippen molar-refractivity contribution in [2.75, 3.05) is 6.61 Å². The molecule has 2 amide bonds. The number of phosphoric acid groups is 1. The zero-order chi connectivity index (χ0) is 26.3. The molecule has 0 aliphatic heterocycles. The molecule has 5 N–H and O–H groups in total. The molecule has 0 bridgehead atoms. The van der Waals surface area contributed by atoms with Crippen molar-refractivity contribution in [2.45, 2.75) is 31.8 Å². The Bertz CT molecular complexity index is 1230. The summed E-state index contributed by atoms with van der Waals surface area (Å²) in [6.45, 7) is 0.736. The second kappa shape index (κ2) is 12.2. The maximum Gasteiger partial charge on any atom is 0.524 e. The van der Waals surface area contributed by atoms with Crippen molar-refractivity contribution < 1.29 is 38.1 Å². The van der Waals surface area contributed by atoms with Gasteiger partial charge in [0, 0.05) is 24.2 Å². The first-order valence-electron chi connectivity index (χ1n) is 10.6. The van der Waals surface area contributed by atoms with E-state index in [-0.39, 0.29) is 18.1 Å². The minimum absolute atomic E-state index is 0.0125. The highest BCUT2D eigenvalue weighted by Gasteiger charge is 2.26. The number of amides is 2. The van der Waals surface area contributed by atoms with Crippen LogP contribution in [0, 0.1) is 0 Å². The SMILES string of the molecule is CC(=O)N[C@@H](Cc1ccc(OP(=O)(O)O)cc1)C(=O)N[C@@H](CO)c1nc(Cc2ccc(Br)cc2)no1. The van der Waals surface area contributed by atoms with Gasteiger partial charge in [0.25, 0.3) is 5.89 Å². The Morgan fingerprint density at radius 1 is 1.08 bits per heavy atom. The zero-order valence-corrected chi connectivity index (χ0v) is 21.5. The van der Waals surface area contributed by atoms with Crippen LogP contribution >= 0.6 is 23.8 Å². The average Bonchev–Trinajstić information content (AvgIpc) is 3.26. The molecule has 12 nitrogen and oxygen atoms in total. The molecule has 0 spiro atoms. The lowest BCUT2D eigenvalue weighted by molar-refractivity contribution is -0.128.